The van der Waals surface area contributed by atoms with Gasteiger partial charge in [0.15, 0.2) is 6.61 Å². The van der Waals surface area contributed by atoms with Crippen molar-refractivity contribution in [2.24, 2.45) is 5.73 Å². The first kappa shape index (κ1) is 20.1. The molecule has 3 aliphatic heterocycles. The molecule has 0 radical (unpaired) electrons. The van der Waals surface area contributed by atoms with Gasteiger partial charge in [0.2, 0.25) is 0 Å². The summed E-state index contributed by atoms with van der Waals surface area (Å²) in [6.45, 7) is 2.78. The summed E-state index contributed by atoms with van der Waals surface area (Å²) < 4.78 is 31.0. The zero-order valence-corrected chi connectivity index (χ0v) is 17.2. The predicted molar refractivity (Wildman–Crippen MR) is 113 cm³/mol. The van der Waals surface area contributed by atoms with Gasteiger partial charge in [-0.2, -0.15) is 0 Å². The van der Waals surface area contributed by atoms with Gasteiger partial charge in [-0.05, 0) is 30.3 Å². The number of piperidine rings is 1. The molecule has 2 aromatic carbocycles. The van der Waals surface area contributed by atoms with Gasteiger partial charge in [-0.15, -0.1) is 0 Å². The second kappa shape index (κ2) is 8.01. The van der Waals surface area contributed by atoms with E-state index in [9.17, 15) is 9.18 Å². The van der Waals surface area contributed by atoms with Crippen LogP contribution in [0.15, 0.2) is 36.4 Å². The smallest absolute Gasteiger partial charge is 0.262 e. The topological polar surface area (TPSA) is 86.0 Å². The van der Waals surface area contributed by atoms with Crippen molar-refractivity contribution in [2.45, 2.75) is 30.9 Å². The summed E-state index contributed by atoms with van der Waals surface area (Å²) in [7, 11) is 0. The summed E-state index contributed by atoms with van der Waals surface area (Å²) in [6, 6.07) is 10.0. The highest BCUT2D eigenvalue weighted by atomic mass is 19.1. The lowest BCUT2D eigenvalue weighted by Gasteiger charge is -2.39. The molecule has 0 unspecified atom stereocenters. The molecular formula is C23H26FN3O4. The van der Waals surface area contributed by atoms with Crippen molar-refractivity contribution in [2.75, 3.05) is 38.2 Å². The number of hydrogen-bond acceptors (Lipinski definition) is 6. The van der Waals surface area contributed by atoms with Gasteiger partial charge in [0, 0.05) is 44.5 Å². The molecule has 1 amide bonds. The number of amides is 1. The van der Waals surface area contributed by atoms with Gasteiger partial charge in [-0.1, -0.05) is 6.07 Å². The van der Waals surface area contributed by atoms with Gasteiger partial charge >= 0.3 is 0 Å². The number of carbonyl (C=O) groups is 1. The van der Waals surface area contributed by atoms with Crippen molar-refractivity contribution in [1.82, 2.24) is 4.90 Å². The molecule has 7 nitrogen and oxygen atoms in total. The van der Waals surface area contributed by atoms with E-state index in [0.717, 1.165) is 43.7 Å². The lowest BCUT2D eigenvalue weighted by molar-refractivity contribution is -0.118. The minimum absolute atomic E-state index is 0.0101. The molecule has 31 heavy (non-hydrogen) atoms. The molecule has 0 saturated carbocycles. The number of ether oxygens (including phenoxy) is 3. The van der Waals surface area contributed by atoms with Crippen LogP contribution in [-0.2, 0) is 11.2 Å². The largest absolute Gasteiger partial charge is 0.490 e. The van der Waals surface area contributed by atoms with Crippen LogP contribution in [0, 0.1) is 5.82 Å². The number of nitrogens with two attached hydrogens (primary N) is 1. The minimum Gasteiger partial charge on any atom is -0.490 e. The van der Waals surface area contributed by atoms with Crippen molar-refractivity contribution < 1.29 is 23.4 Å². The molecule has 1 spiro atoms. The van der Waals surface area contributed by atoms with Crippen molar-refractivity contribution in [3.05, 3.63) is 47.8 Å². The van der Waals surface area contributed by atoms with E-state index < -0.39 is 0 Å². The fourth-order valence-electron chi connectivity index (χ4n) is 4.60. The highest BCUT2D eigenvalue weighted by molar-refractivity contribution is 5.97. The summed E-state index contributed by atoms with van der Waals surface area (Å²) in [6.07, 6.45) is 2.52. The average Bonchev–Trinajstić information content (AvgIpc) is 3.11. The first-order valence-electron chi connectivity index (χ1n) is 10.6. The van der Waals surface area contributed by atoms with E-state index in [1.54, 1.807) is 24.3 Å². The van der Waals surface area contributed by atoms with E-state index >= 15 is 0 Å². The Bertz CT molecular complexity index is 991. The van der Waals surface area contributed by atoms with Crippen molar-refractivity contribution >= 4 is 11.6 Å². The van der Waals surface area contributed by atoms with E-state index in [2.05, 4.69) is 10.2 Å². The fraction of sp³-hybridized carbons (Fsp3) is 0.435. The highest BCUT2D eigenvalue weighted by Crippen LogP contribution is 2.41. The molecule has 5 rings (SSSR count). The SMILES string of the molecule is N[C@H](COc1cccc2c1NC(=O)CO2)CN1CCC2(CC1)Cc1cc(F)ccc1O2. The number of hydrogen-bond donors (Lipinski definition) is 2. The number of rotatable bonds is 5. The molecule has 1 fully saturated rings. The predicted octanol–water partition coefficient (Wildman–Crippen LogP) is 2.33. The lowest BCUT2D eigenvalue weighted by atomic mass is 9.87. The first-order valence-corrected chi connectivity index (χ1v) is 10.6. The molecular weight excluding hydrogens is 401 g/mol. The molecule has 1 saturated heterocycles. The molecule has 1 atom stereocenters. The Morgan fingerprint density at radius 1 is 1.23 bits per heavy atom. The monoisotopic (exact) mass is 427 g/mol. The van der Waals surface area contributed by atoms with E-state index in [4.69, 9.17) is 19.9 Å². The molecule has 2 aromatic rings. The van der Waals surface area contributed by atoms with Gasteiger partial charge in [-0.25, -0.2) is 4.39 Å². The molecule has 0 aliphatic carbocycles. The van der Waals surface area contributed by atoms with E-state index in [0.29, 0.717) is 30.3 Å². The van der Waals surface area contributed by atoms with Crippen molar-refractivity contribution in [3.63, 3.8) is 0 Å². The molecule has 0 bridgehead atoms. The number of carbonyl (C=O) groups excluding carboxylic acids is 1. The molecule has 0 aromatic heterocycles. The van der Waals surface area contributed by atoms with Gasteiger partial charge in [0.05, 0.1) is 6.04 Å². The van der Waals surface area contributed by atoms with Crippen LogP contribution in [-0.4, -0.2) is 55.3 Å². The van der Waals surface area contributed by atoms with Gasteiger partial charge in [0.1, 0.15) is 41.0 Å². The van der Waals surface area contributed by atoms with Crippen LogP contribution in [0.2, 0.25) is 0 Å². The van der Waals surface area contributed by atoms with Gasteiger partial charge < -0.3 is 30.2 Å². The summed E-state index contributed by atoms with van der Waals surface area (Å²) in [5.74, 6) is 1.55. The Kier molecular flexibility index (Phi) is 5.19. The van der Waals surface area contributed by atoms with Crippen LogP contribution in [0.1, 0.15) is 18.4 Å². The number of likely N-dealkylation sites (tertiary alicyclic amines) is 1. The summed E-state index contributed by atoms with van der Waals surface area (Å²) in [4.78, 5) is 13.9. The first-order chi connectivity index (χ1) is 15.0. The second-order valence-electron chi connectivity index (χ2n) is 8.55. The van der Waals surface area contributed by atoms with Crippen LogP contribution in [0.5, 0.6) is 17.2 Å². The third-order valence-corrected chi connectivity index (χ3v) is 6.19. The Labute approximate surface area is 180 Å². The Balaban J connectivity index is 1.12. The molecule has 3 aliphatic rings. The van der Waals surface area contributed by atoms with Crippen molar-refractivity contribution in [3.8, 4) is 17.2 Å². The summed E-state index contributed by atoms with van der Waals surface area (Å²) in [5, 5.41) is 2.79. The lowest BCUT2D eigenvalue weighted by Crippen LogP contribution is -2.51. The zero-order valence-electron chi connectivity index (χ0n) is 17.2. The number of halogens is 1. The van der Waals surface area contributed by atoms with Crippen LogP contribution in [0.4, 0.5) is 10.1 Å². The third-order valence-electron chi connectivity index (χ3n) is 6.19. The number of nitrogens with zero attached hydrogens (tertiary/aromatic N) is 1. The zero-order chi connectivity index (χ0) is 21.4. The summed E-state index contributed by atoms with van der Waals surface area (Å²) >= 11 is 0. The van der Waals surface area contributed by atoms with Gasteiger partial charge in [0.25, 0.3) is 5.91 Å². The Morgan fingerprint density at radius 2 is 2.06 bits per heavy atom. The fourth-order valence-corrected chi connectivity index (χ4v) is 4.60. The standard InChI is InChI=1S/C23H26FN3O4/c24-16-4-5-18-15(10-16)11-23(31-18)6-8-27(9-7-23)12-17(25)13-29-19-2-1-3-20-22(19)26-21(28)14-30-20/h1-5,10,17H,6-9,11-14,25H2,(H,26,28)/t17-/m0/s1. The third kappa shape index (κ3) is 4.18. The number of anilines is 1. The maximum absolute atomic E-state index is 13.5. The number of para-hydroxylation sites is 1. The molecule has 164 valence electrons. The highest BCUT2D eigenvalue weighted by Gasteiger charge is 2.42. The second-order valence-corrected chi connectivity index (χ2v) is 8.55. The number of nitrogens with one attached hydrogen (secondary N) is 1. The number of benzene rings is 2. The molecule has 3 heterocycles. The van der Waals surface area contributed by atoms with Crippen LogP contribution in [0.25, 0.3) is 0 Å². The summed E-state index contributed by atoms with van der Waals surface area (Å²) in [5.41, 5.74) is 7.62. The van der Waals surface area contributed by atoms with E-state index in [1.165, 1.54) is 6.07 Å². The minimum atomic E-state index is -0.228. The Morgan fingerprint density at radius 3 is 2.90 bits per heavy atom. The average molecular weight is 427 g/mol. The van der Waals surface area contributed by atoms with Gasteiger partial charge in [-0.3, -0.25) is 4.79 Å². The van der Waals surface area contributed by atoms with Crippen LogP contribution >= 0.6 is 0 Å². The quantitative estimate of drug-likeness (QED) is 0.762. The molecule has 8 heteroatoms. The Hall–Kier alpha value is -2.84. The van der Waals surface area contributed by atoms with E-state index in [-0.39, 0.29) is 30.0 Å². The van der Waals surface area contributed by atoms with E-state index in [1.807, 2.05) is 6.07 Å². The maximum Gasteiger partial charge on any atom is 0.262 e. The van der Waals surface area contributed by atoms with Crippen LogP contribution in [0.3, 0.4) is 0 Å². The normalized spacial score (nSPS) is 20.3. The molecule has 3 N–H and O–H groups in total. The number of fused-ring (bicyclic) bond motifs is 2. The van der Waals surface area contributed by atoms with Crippen molar-refractivity contribution in [1.29, 1.82) is 0 Å². The van der Waals surface area contributed by atoms with Crippen LogP contribution < -0.4 is 25.3 Å². The maximum atomic E-state index is 13.5.